The fourth-order valence-electron chi connectivity index (χ4n) is 2.62. The third kappa shape index (κ3) is 2.70. The first-order valence-corrected chi connectivity index (χ1v) is 7.52. The Balaban J connectivity index is 2.27. The summed E-state index contributed by atoms with van der Waals surface area (Å²) in [4.78, 5) is 32.2. The van der Waals surface area contributed by atoms with Crippen molar-refractivity contribution in [2.45, 2.75) is 33.0 Å². The van der Waals surface area contributed by atoms with E-state index < -0.39 is 5.56 Å². The molecule has 7 nitrogen and oxygen atoms in total. The molecule has 0 saturated carbocycles. The van der Waals surface area contributed by atoms with Crippen LogP contribution < -0.4 is 11.2 Å². The van der Waals surface area contributed by atoms with Gasteiger partial charge in [-0.05, 0) is 12.0 Å². The van der Waals surface area contributed by atoms with E-state index in [4.69, 9.17) is 0 Å². The van der Waals surface area contributed by atoms with Gasteiger partial charge in [0.25, 0.3) is 5.56 Å². The average molecular weight is 314 g/mol. The van der Waals surface area contributed by atoms with Gasteiger partial charge in [0, 0.05) is 6.54 Å². The highest BCUT2D eigenvalue weighted by atomic mass is 16.3. The summed E-state index contributed by atoms with van der Waals surface area (Å²) >= 11 is 0. The number of nitrogens with one attached hydrogen (secondary N) is 1. The van der Waals surface area contributed by atoms with E-state index in [2.05, 4.69) is 9.97 Å². The lowest BCUT2D eigenvalue weighted by Gasteiger charge is -2.10. The van der Waals surface area contributed by atoms with Gasteiger partial charge in [0.2, 0.25) is 0 Å². The number of aliphatic hydroxyl groups is 1. The van der Waals surface area contributed by atoms with Gasteiger partial charge >= 0.3 is 5.69 Å². The number of aromatic amines is 1. The van der Waals surface area contributed by atoms with Crippen molar-refractivity contribution in [1.82, 2.24) is 19.1 Å². The molecule has 23 heavy (non-hydrogen) atoms. The minimum Gasteiger partial charge on any atom is -0.388 e. The van der Waals surface area contributed by atoms with E-state index >= 15 is 0 Å². The Morgan fingerprint density at radius 1 is 1.17 bits per heavy atom. The molecular formula is C16H18N4O3. The Morgan fingerprint density at radius 2 is 1.91 bits per heavy atom. The minimum atomic E-state index is -0.400. The first-order valence-electron chi connectivity index (χ1n) is 7.52. The van der Waals surface area contributed by atoms with Gasteiger partial charge in [-0.25, -0.2) is 9.78 Å². The van der Waals surface area contributed by atoms with Crippen molar-refractivity contribution >= 4 is 11.2 Å². The quantitative estimate of drug-likeness (QED) is 0.730. The fraction of sp³-hybridized carbons (Fsp3) is 0.312. The second-order valence-electron chi connectivity index (χ2n) is 5.35. The van der Waals surface area contributed by atoms with Crippen LogP contribution in [0.4, 0.5) is 0 Å². The third-order valence-corrected chi connectivity index (χ3v) is 3.69. The number of fused-ring (bicyclic) bond motifs is 1. The number of H-pyrrole nitrogens is 1. The van der Waals surface area contributed by atoms with Crippen LogP contribution in [-0.4, -0.2) is 24.2 Å². The topological polar surface area (TPSA) is 92.9 Å². The zero-order valence-corrected chi connectivity index (χ0v) is 12.8. The van der Waals surface area contributed by atoms with Gasteiger partial charge in [0.05, 0.1) is 6.54 Å². The summed E-state index contributed by atoms with van der Waals surface area (Å²) in [6, 6.07) is 9.51. The predicted molar refractivity (Wildman–Crippen MR) is 86.4 cm³/mol. The normalized spacial score (nSPS) is 11.2. The molecule has 2 heterocycles. The molecule has 2 aromatic heterocycles. The molecule has 0 radical (unpaired) electrons. The lowest BCUT2D eigenvalue weighted by atomic mass is 10.2. The minimum absolute atomic E-state index is 0.248. The lowest BCUT2D eigenvalue weighted by Crippen LogP contribution is -2.40. The van der Waals surface area contributed by atoms with Crippen LogP contribution in [0.5, 0.6) is 0 Å². The second kappa shape index (κ2) is 6.21. The van der Waals surface area contributed by atoms with E-state index in [1.54, 1.807) is 0 Å². The monoisotopic (exact) mass is 314 g/mol. The number of aromatic nitrogens is 4. The van der Waals surface area contributed by atoms with Crippen LogP contribution in [0, 0.1) is 0 Å². The molecular weight excluding hydrogens is 296 g/mol. The van der Waals surface area contributed by atoms with Crippen LogP contribution in [-0.2, 0) is 19.7 Å². The lowest BCUT2D eigenvalue weighted by molar-refractivity contribution is 0.273. The van der Waals surface area contributed by atoms with Crippen molar-refractivity contribution in [3.63, 3.8) is 0 Å². The van der Waals surface area contributed by atoms with Crippen molar-refractivity contribution in [1.29, 1.82) is 0 Å². The molecule has 0 fully saturated rings. The summed E-state index contributed by atoms with van der Waals surface area (Å²) in [7, 11) is 0. The zero-order chi connectivity index (χ0) is 16.4. The van der Waals surface area contributed by atoms with Gasteiger partial charge in [-0.15, -0.1) is 0 Å². The number of nitrogens with zero attached hydrogens (tertiary/aromatic N) is 3. The number of rotatable bonds is 5. The summed E-state index contributed by atoms with van der Waals surface area (Å²) < 4.78 is 2.68. The average Bonchev–Trinajstić information content (AvgIpc) is 3.01. The van der Waals surface area contributed by atoms with E-state index in [0.717, 1.165) is 5.56 Å². The van der Waals surface area contributed by atoms with Crippen LogP contribution in [0.25, 0.3) is 11.2 Å². The Morgan fingerprint density at radius 3 is 2.57 bits per heavy atom. The van der Waals surface area contributed by atoms with Crippen LogP contribution in [0.2, 0.25) is 0 Å². The Kier molecular flexibility index (Phi) is 4.12. The fourth-order valence-corrected chi connectivity index (χ4v) is 2.62. The van der Waals surface area contributed by atoms with E-state index in [1.165, 1.54) is 9.13 Å². The highest BCUT2D eigenvalue weighted by Gasteiger charge is 2.16. The summed E-state index contributed by atoms with van der Waals surface area (Å²) in [5.41, 5.74) is 0.678. The van der Waals surface area contributed by atoms with Crippen LogP contribution in [0.15, 0.2) is 39.9 Å². The molecule has 1 aromatic carbocycles. The number of aliphatic hydroxyl groups excluding tert-OH is 1. The molecule has 0 aliphatic heterocycles. The molecule has 7 heteroatoms. The molecule has 2 N–H and O–H groups in total. The first kappa shape index (κ1) is 15.2. The smallest absolute Gasteiger partial charge is 0.333 e. The highest BCUT2D eigenvalue weighted by molar-refractivity contribution is 5.70. The molecule has 0 aliphatic rings. The van der Waals surface area contributed by atoms with Crippen LogP contribution >= 0.6 is 0 Å². The zero-order valence-electron chi connectivity index (χ0n) is 12.8. The van der Waals surface area contributed by atoms with Crippen molar-refractivity contribution in [3.05, 3.63) is 62.6 Å². The number of imidazole rings is 1. The Labute approximate surface area is 131 Å². The SMILES string of the molecule is CCCn1c(=O)c2[nH]c(CO)nc2n(Cc2ccccc2)c1=O. The maximum Gasteiger partial charge on any atom is 0.333 e. The largest absolute Gasteiger partial charge is 0.388 e. The van der Waals surface area contributed by atoms with Gasteiger partial charge in [0.15, 0.2) is 5.65 Å². The molecule has 0 atom stereocenters. The van der Waals surface area contributed by atoms with Crippen LogP contribution in [0.1, 0.15) is 24.7 Å². The molecule has 0 unspecified atom stereocenters. The molecule has 0 spiro atoms. The van der Waals surface area contributed by atoms with Gasteiger partial charge in [-0.1, -0.05) is 37.3 Å². The van der Waals surface area contributed by atoms with Crippen molar-refractivity contribution in [2.75, 3.05) is 0 Å². The number of benzene rings is 1. The number of hydrogen-bond acceptors (Lipinski definition) is 4. The van der Waals surface area contributed by atoms with E-state index in [9.17, 15) is 14.7 Å². The van der Waals surface area contributed by atoms with Gasteiger partial charge in [-0.3, -0.25) is 13.9 Å². The third-order valence-electron chi connectivity index (χ3n) is 3.69. The summed E-state index contributed by atoms with van der Waals surface area (Å²) in [5.74, 6) is 0.271. The van der Waals surface area contributed by atoms with Gasteiger partial charge in [-0.2, -0.15) is 0 Å². The summed E-state index contributed by atoms with van der Waals surface area (Å²) in [6.45, 7) is 2.25. The Hall–Kier alpha value is -2.67. The molecule has 3 aromatic rings. The highest BCUT2D eigenvalue weighted by Crippen LogP contribution is 2.09. The molecule has 0 bridgehead atoms. The standard InChI is InChI=1S/C16H18N4O3/c1-2-8-19-15(22)13-14(18-12(10-21)17-13)20(16(19)23)9-11-6-4-3-5-7-11/h3-7,21H,2,8-10H2,1H3,(H,17,18). The summed E-state index contributed by atoms with van der Waals surface area (Å²) in [5, 5.41) is 9.26. The van der Waals surface area contributed by atoms with E-state index in [1.807, 2.05) is 37.3 Å². The van der Waals surface area contributed by atoms with Crippen molar-refractivity contribution in [3.8, 4) is 0 Å². The Bertz CT molecular complexity index is 938. The van der Waals surface area contributed by atoms with Gasteiger partial charge < -0.3 is 10.1 Å². The maximum atomic E-state index is 12.7. The second-order valence-corrected chi connectivity index (χ2v) is 5.35. The summed E-state index contributed by atoms with van der Waals surface area (Å²) in [6.07, 6.45) is 0.674. The van der Waals surface area contributed by atoms with Crippen LogP contribution in [0.3, 0.4) is 0 Å². The molecule has 3 rings (SSSR count). The molecule has 0 amide bonds. The maximum absolute atomic E-state index is 12.7. The van der Waals surface area contributed by atoms with Crippen molar-refractivity contribution < 1.29 is 5.11 Å². The molecule has 0 aliphatic carbocycles. The van der Waals surface area contributed by atoms with Crippen molar-refractivity contribution in [2.24, 2.45) is 0 Å². The van der Waals surface area contributed by atoms with Gasteiger partial charge in [0.1, 0.15) is 17.9 Å². The molecule has 0 saturated heterocycles. The molecule has 120 valence electrons. The van der Waals surface area contributed by atoms with E-state index in [-0.39, 0.29) is 29.3 Å². The predicted octanol–water partition coefficient (Wildman–Crippen LogP) is 0.837. The van der Waals surface area contributed by atoms with E-state index in [0.29, 0.717) is 19.5 Å². The first-order chi connectivity index (χ1) is 11.2. The number of hydrogen-bond donors (Lipinski definition) is 2.